The first-order valence-electron chi connectivity index (χ1n) is 13.1. The minimum atomic E-state index is -0.0940. The van der Waals surface area contributed by atoms with Crippen molar-refractivity contribution in [2.45, 2.75) is 57.5 Å². The third kappa shape index (κ3) is 5.34. The lowest BCUT2D eigenvalue weighted by Gasteiger charge is -2.39. The van der Waals surface area contributed by atoms with Crippen LogP contribution >= 0.6 is 0 Å². The van der Waals surface area contributed by atoms with Gasteiger partial charge in [0, 0.05) is 48.7 Å². The Morgan fingerprint density at radius 1 is 1.14 bits per heavy atom. The van der Waals surface area contributed by atoms with E-state index in [9.17, 15) is 4.79 Å². The smallest absolute Gasteiger partial charge is 0.255 e. The lowest BCUT2D eigenvalue weighted by Crippen LogP contribution is -2.51. The van der Waals surface area contributed by atoms with Gasteiger partial charge in [0.05, 0.1) is 13.2 Å². The van der Waals surface area contributed by atoms with E-state index in [-0.39, 0.29) is 11.4 Å². The molecular weight excluding hydrogens is 438 g/mol. The van der Waals surface area contributed by atoms with Crippen molar-refractivity contribution >= 4 is 17.3 Å². The SMILES string of the molecule is COCC(C)N1CCCC12CCN(c1ccc(NC(=O)c3ccc(OCC4CC4)cc3)c(C)c1)C2. The molecule has 2 unspecified atom stereocenters. The van der Waals surface area contributed by atoms with Crippen molar-refractivity contribution in [3.05, 3.63) is 53.6 Å². The molecule has 2 aliphatic heterocycles. The van der Waals surface area contributed by atoms with Crippen molar-refractivity contribution in [2.75, 3.05) is 50.2 Å². The van der Waals surface area contributed by atoms with Crippen molar-refractivity contribution < 1.29 is 14.3 Å². The summed E-state index contributed by atoms with van der Waals surface area (Å²) in [5, 5.41) is 3.09. The zero-order valence-electron chi connectivity index (χ0n) is 21.4. The number of rotatable bonds is 9. The quantitative estimate of drug-likeness (QED) is 0.544. The summed E-state index contributed by atoms with van der Waals surface area (Å²) in [7, 11) is 1.79. The molecule has 2 atom stereocenters. The Labute approximate surface area is 209 Å². The van der Waals surface area contributed by atoms with Crippen LogP contribution in [-0.4, -0.2) is 62.3 Å². The number of amides is 1. The summed E-state index contributed by atoms with van der Waals surface area (Å²) in [5.74, 6) is 1.45. The fourth-order valence-electron chi connectivity index (χ4n) is 5.87. The molecule has 1 amide bonds. The summed E-state index contributed by atoms with van der Waals surface area (Å²) in [5.41, 5.74) is 4.07. The maximum Gasteiger partial charge on any atom is 0.255 e. The number of aryl methyl sites for hydroxylation is 1. The third-order valence-corrected chi connectivity index (χ3v) is 8.05. The van der Waals surface area contributed by atoms with Crippen molar-refractivity contribution in [1.29, 1.82) is 0 Å². The van der Waals surface area contributed by atoms with E-state index in [1.807, 2.05) is 30.3 Å². The van der Waals surface area contributed by atoms with Crippen LogP contribution in [0, 0.1) is 12.8 Å². The lowest BCUT2D eigenvalue weighted by molar-refractivity contribution is 0.0529. The fourth-order valence-corrected chi connectivity index (χ4v) is 5.87. The van der Waals surface area contributed by atoms with Gasteiger partial charge >= 0.3 is 0 Å². The highest BCUT2D eigenvalue weighted by molar-refractivity contribution is 6.04. The molecule has 2 heterocycles. The topological polar surface area (TPSA) is 54.0 Å². The molecule has 2 aromatic rings. The van der Waals surface area contributed by atoms with Gasteiger partial charge < -0.3 is 19.7 Å². The van der Waals surface area contributed by atoms with E-state index in [4.69, 9.17) is 9.47 Å². The zero-order chi connectivity index (χ0) is 24.4. The predicted octanol–water partition coefficient (Wildman–Crippen LogP) is 5.12. The molecule has 3 fully saturated rings. The minimum Gasteiger partial charge on any atom is -0.493 e. The Bertz CT molecular complexity index is 1040. The number of hydrogen-bond acceptors (Lipinski definition) is 5. The number of ether oxygens (including phenoxy) is 2. The second-order valence-electron chi connectivity index (χ2n) is 10.7. The van der Waals surface area contributed by atoms with Crippen molar-refractivity contribution in [1.82, 2.24) is 4.90 Å². The first kappa shape index (κ1) is 24.1. The monoisotopic (exact) mass is 477 g/mol. The molecule has 1 saturated carbocycles. The average molecular weight is 478 g/mol. The molecule has 188 valence electrons. The first-order chi connectivity index (χ1) is 17.0. The molecule has 0 bridgehead atoms. The van der Waals surface area contributed by atoms with E-state index in [2.05, 4.69) is 41.1 Å². The first-order valence-corrected chi connectivity index (χ1v) is 13.1. The Morgan fingerprint density at radius 2 is 1.94 bits per heavy atom. The molecule has 1 N–H and O–H groups in total. The Balaban J connectivity index is 1.21. The zero-order valence-corrected chi connectivity index (χ0v) is 21.4. The summed E-state index contributed by atoms with van der Waals surface area (Å²) < 4.78 is 11.2. The summed E-state index contributed by atoms with van der Waals surface area (Å²) in [6.45, 7) is 9.21. The molecule has 0 radical (unpaired) electrons. The van der Waals surface area contributed by atoms with Gasteiger partial charge in [-0.25, -0.2) is 0 Å². The van der Waals surface area contributed by atoms with Gasteiger partial charge in [-0.2, -0.15) is 0 Å². The summed E-state index contributed by atoms with van der Waals surface area (Å²) in [6, 6.07) is 14.3. The van der Waals surface area contributed by atoms with Gasteiger partial charge in [-0.1, -0.05) is 0 Å². The number of carbonyl (C=O) groups excluding carboxylic acids is 1. The normalized spacial score (nSPS) is 23.1. The third-order valence-electron chi connectivity index (χ3n) is 8.05. The molecule has 0 aromatic heterocycles. The van der Waals surface area contributed by atoms with E-state index in [1.54, 1.807) is 7.11 Å². The molecule has 2 aromatic carbocycles. The Hall–Kier alpha value is -2.57. The maximum atomic E-state index is 12.8. The van der Waals surface area contributed by atoms with Crippen LogP contribution in [0.25, 0.3) is 0 Å². The van der Waals surface area contributed by atoms with E-state index < -0.39 is 0 Å². The van der Waals surface area contributed by atoms with E-state index in [1.165, 1.54) is 37.8 Å². The molecule has 35 heavy (non-hydrogen) atoms. The summed E-state index contributed by atoms with van der Waals surface area (Å²) in [4.78, 5) is 18.0. The number of methoxy groups -OCH3 is 1. The molecule has 6 nitrogen and oxygen atoms in total. The molecule has 5 rings (SSSR count). The highest BCUT2D eigenvalue weighted by Gasteiger charge is 2.47. The molecule has 1 spiro atoms. The van der Waals surface area contributed by atoms with Crippen LogP contribution in [0.4, 0.5) is 11.4 Å². The second-order valence-corrected chi connectivity index (χ2v) is 10.7. The van der Waals surface area contributed by atoms with Crippen LogP contribution < -0.4 is 15.0 Å². The van der Waals surface area contributed by atoms with E-state index in [0.717, 1.165) is 49.8 Å². The molecule has 3 aliphatic rings. The van der Waals surface area contributed by atoms with Gasteiger partial charge in [-0.05, 0) is 106 Å². The standard InChI is InChI=1S/C29H39N3O3/c1-21-17-25(31-16-14-29(20-31)13-4-15-32(29)22(2)18-34-3)9-12-27(21)30-28(33)24-7-10-26(11-8-24)35-19-23-5-6-23/h7-12,17,22-23H,4-6,13-16,18-20H2,1-3H3,(H,30,33). The van der Waals surface area contributed by atoms with Crippen LogP contribution in [0.2, 0.25) is 0 Å². The predicted molar refractivity (Wildman–Crippen MR) is 141 cm³/mol. The van der Waals surface area contributed by atoms with Gasteiger partial charge in [-0.15, -0.1) is 0 Å². The number of anilines is 2. The fraction of sp³-hybridized carbons (Fsp3) is 0.552. The molecule has 6 heteroatoms. The highest BCUT2D eigenvalue weighted by atomic mass is 16.5. The van der Waals surface area contributed by atoms with Crippen molar-refractivity contribution in [2.24, 2.45) is 5.92 Å². The summed E-state index contributed by atoms with van der Waals surface area (Å²) in [6.07, 6.45) is 6.25. The largest absolute Gasteiger partial charge is 0.493 e. The molecule has 2 saturated heterocycles. The number of benzene rings is 2. The number of hydrogen-bond donors (Lipinski definition) is 1. The maximum absolute atomic E-state index is 12.8. The van der Waals surface area contributed by atoms with Crippen LogP contribution in [0.15, 0.2) is 42.5 Å². The Morgan fingerprint density at radius 3 is 2.66 bits per heavy atom. The Kier molecular flexibility index (Phi) is 7.03. The summed E-state index contributed by atoms with van der Waals surface area (Å²) >= 11 is 0. The van der Waals surface area contributed by atoms with Crippen LogP contribution in [-0.2, 0) is 4.74 Å². The van der Waals surface area contributed by atoms with Gasteiger partial charge in [0.15, 0.2) is 0 Å². The van der Waals surface area contributed by atoms with E-state index >= 15 is 0 Å². The lowest BCUT2D eigenvalue weighted by atomic mass is 9.94. The van der Waals surface area contributed by atoms with Crippen molar-refractivity contribution in [3.8, 4) is 5.75 Å². The van der Waals surface area contributed by atoms with Gasteiger partial charge in [0.1, 0.15) is 5.75 Å². The van der Waals surface area contributed by atoms with Gasteiger partial charge in [0.25, 0.3) is 5.91 Å². The number of nitrogens with zero attached hydrogens (tertiary/aromatic N) is 2. The average Bonchev–Trinajstić information content (AvgIpc) is 3.46. The van der Waals surface area contributed by atoms with Crippen LogP contribution in [0.3, 0.4) is 0 Å². The van der Waals surface area contributed by atoms with Gasteiger partial charge in [-0.3, -0.25) is 9.69 Å². The van der Waals surface area contributed by atoms with Crippen LogP contribution in [0.1, 0.15) is 54.9 Å². The van der Waals surface area contributed by atoms with E-state index in [0.29, 0.717) is 17.5 Å². The second kappa shape index (κ2) is 10.2. The van der Waals surface area contributed by atoms with Crippen LogP contribution in [0.5, 0.6) is 5.75 Å². The molecule has 1 aliphatic carbocycles. The number of carbonyl (C=O) groups is 1. The number of likely N-dealkylation sites (tertiary alicyclic amines) is 1. The highest BCUT2D eigenvalue weighted by Crippen LogP contribution is 2.41. The van der Waals surface area contributed by atoms with Gasteiger partial charge in [0.2, 0.25) is 0 Å². The molecular formula is C29H39N3O3. The number of nitrogens with one attached hydrogen (secondary N) is 1. The van der Waals surface area contributed by atoms with Crippen molar-refractivity contribution in [3.63, 3.8) is 0 Å². The minimum absolute atomic E-state index is 0.0940.